The zero-order valence-corrected chi connectivity index (χ0v) is 6.93. The second kappa shape index (κ2) is 3.65. The summed E-state index contributed by atoms with van der Waals surface area (Å²) < 4.78 is 4.39. The number of nitrogen functional groups attached to an aromatic ring is 1. The summed E-state index contributed by atoms with van der Waals surface area (Å²) in [5.74, 6) is -1.90. The highest BCUT2D eigenvalue weighted by atomic mass is 16.5. The van der Waals surface area contributed by atoms with E-state index in [4.69, 9.17) is 10.8 Å². The minimum absolute atomic E-state index is 0.0349. The average molecular weight is 197 g/mol. The molecule has 6 nitrogen and oxygen atoms in total. The molecule has 0 aliphatic carbocycles. The first kappa shape index (κ1) is 9.85. The monoisotopic (exact) mass is 197 g/mol. The molecule has 0 fully saturated rings. The van der Waals surface area contributed by atoms with Gasteiger partial charge in [-0.25, -0.2) is 4.79 Å². The smallest absolute Gasteiger partial charge is 0.339 e. The lowest BCUT2D eigenvalue weighted by molar-refractivity contribution is -0.120. The topological polar surface area (TPSA) is 110 Å². The van der Waals surface area contributed by atoms with Gasteiger partial charge in [0.15, 0.2) is 5.75 Å². The van der Waals surface area contributed by atoms with Crippen LogP contribution in [0.1, 0.15) is 10.4 Å². The summed E-state index contributed by atoms with van der Waals surface area (Å²) in [5.41, 5.74) is 4.97. The Bertz CT molecular complexity index is 388. The molecule has 0 bridgehead atoms. The summed E-state index contributed by atoms with van der Waals surface area (Å²) in [6.07, 6.45) is 0. The molecule has 0 aliphatic rings. The van der Waals surface area contributed by atoms with E-state index in [1.807, 2.05) is 0 Å². The number of hydrogen-bond donors (Lipinski definition) is 3. The molecule has 0 atom stereocenters. The van der Waals surface area contributed by atoms with Crippen molar-refractivity contribution in [3.63, 3.8) is 0 Å². The molecule has 74 valence electrons. The highest BCUT2D eigenvalue weighted by molar-refractivity contribution is 5.92. The van der Waals surface area contributed by atoms with Crippen LogP contribution < -0.4 is 10.5 Å². The second-order valence-corrected chi connectivity index (χ2v) is 2.43. The Morgan fingerprint density at radius 3 is 2.64 bits per heavy atom. The molecule has 0 unspecified atom stereocenters. The van der Waals surface area contributed by atoms with Crippen molar-refractivity contribution in [1.29, 1.82) is 0 Å². The zero-order chi connectivity index (χ0) is 10.7. The minimum Gasteiger partial charge on any atom is -0.507 e. The third-order valence-electron chi connectivity index (χ3n) is 1.53. The molecule has 0 amide bonds. The van der Waals surface area contributed by atoms with Crippen LogP contribution in [0.25, 0.3) is 0 Å². The lowest BCUT2D eigenvalue weighted by Crippen LogP contribution is -2.01. The molecule has 0 aromatic heterocycles. The predicted octanol–water partition coefficient (Wildman–Crippen LogP) is 0.208. The Morgan fingerprint density at radius 1 is 1.50 bits per heavy atom. The third-order valence-corrected chi connectivity index (χ3v) is 1.53. The fraction of sp³-hybridized carbons (Fsp3) is 0. The van der Waals surface area contributed by atoms with Crippen molar-refractivity contribution in [3.8, 4) is 11.5 Å². The predicted molar refractivity (Wildman–Crippen MR) is 46.2 cm³/mol. The molecule has 0 saturated carbocycles. The first-order chi connectivity index (χ1) is 6.56. The number of aromatic carboxylic acids is 1. The highest BCUT2D eigenvalue weighted by Crippen LogP contribution is 2.29. The van der Waals surface area contributed by atoms with Crippen LogP contribution in [0.15, 0.2) is 12.1 Å². The molecule has 0 saturated heterocycles. The number of carboxylic acid groups (broad SMARTS) is 1. The van der Waals surface area contributed by atoms with Gasteiger partial charge in [-0.2, -0.15) is 0 Å². The van der Waals surface area contributed by atoms with Crippen molar-refractivity contribution < 1.29 is 24.5 Å². The molecule has 0 spiro atoms. The molecule has 4 N–H and O–H groups in total. The fourth-order valence-corrected chi connectivity index (χ4v) is 0.911. The van der Waals surface area contributed by atoms with Crippen molar-refractivity contribution >= 4 is 18.1 Å². The summed E-state index contributed by atoms with van der Waals surface area (Å²) in [4.78, 5) is 20.5. The van der Waals surface area contributed by atoms with Gasteiger partial charge in [0.05, 0.1) is 5.69 Å². The van der Waals surface area contributed by atoms with E-state index < -0.39 is 11.7 Å². The number of carbonyl (C=O) groups is 2. The number of phenols is 1. The van der Waals surface area contributed by atoms with Crippen molar-refractivity contribution in [2.75, 3.05) is 5.73 Å². The summed E-state index contributed by atoms with van der Waals surface area (Å²) in [6, 6.07) is 1.98. The maximum absolute atomic E-state index is 10.5. The lowest BCUT2D eigenvalue weighted by Gasteiger charge is -2.05. The third kappa shape index (κ3) is 1.74. The van der Waals surface area contributed by atoms with Crippen LogP contribution >= 0.6 is 0 Å². The van der Waals surface area contributed by atoms with Gasteiger partial charge in [0, 0.05) is 6.07 Å². The Hall–Kier alpha value is -2.24. The van der Waals surface area contributed by atoms with E-state index in [1.165, 1.54) is 0 Å². The number of rotatable bonds is 3. The van der Waals surface area contributed by atoms with Gasteiger partial charge < -0.3 is 20.7 Å². The first-order valence-corrected chi connectivity index (χ1v) is 3.52. The number of carbonyl (C=O) groups excluding carboxylic acids is 1. The lowest BCUT2D eigenvalue weighted by atomic mass is 10.1. The molecule has 0 radical (unpaired) electrons. The normalized spacial score (nSPS) is 9.43. The van der Waals surface area contributed by atoms with E-state index in [9.17, 15) is 14.7 Å². The average Bonchev–Trinajstić information content (AvgIpc) is 2.10. The van der Waals surface area contributed by atoms with Crippen LogP contribution in [-0.2, 0) is 4.79 Å². The van der Waals surface area contributed by atoms with Crippen LogP contribution in [-0.4, -0.2) is 22.7 Å². The number of benzene rings is 1. The number of aromatic hydroxyl groups is 1. The van der Waals surface area contributed by atoms with Gasteiger partial charge in [0.25, 0.3) is 6.47 Å². The largest absolute Gasteiger partial charge is 0.507 e. The molecule has 0 aliphatic heterocycles. The summed E-state index contributed by atoms with van der Waals surface area (Å²) in [5, 5.41) is 17.8. The van der Waals surface area contributed by atoms with E-state index in [1.54, 1.807) is 0 Å². The van der Waals surface area contributed by atoms with Gasteiger partial charge in [0.2, 0.25) is 0 Å². The number of carboxylic acids is 1. The summed E-state index contributed by atoms with van der Waals surface area (Å²) >= 11 is 0. The Morgan fingerprint density at radius 2 is 2.14 bits per heavy atom. The minimum atomic E-state index is -1.31. The summed E-state index contributed by atoms with van der Waals surface area (Å²) in [7, 11) is 0. The molecule has 14 heavy (non-hydrogen) atoms. The number of ether oxygens (including phenoxy) is 1. The van der Waals surface area contributed by atoms with Crippen LogP contribution in [0.2, 0.25) is 0 Å². The van der Waals surface area contributed by atoms with E-state index in [0.29, 0.717) is 0 Å². The fourth-order valence-electron chi connectivity index (χ4n) is 0.911. The second-order valence-electron chi connectivity index (χ2n) is 2.43. The highest BCUT2D eigenvalue weighted by Gasteiger charge is 2.13. The van der Waals surface area contributed by atoms with Crippen LogP contribution in [0.5, 0.6) is 11.5 Å². The van der Waals surface area contributed by atoms with Gasteiger partial charge in [-0.15, -0.1) is 0 Å². The Labute approximate surface area is 78.5 Å². The Balaban J connectivity index is 3.23. The molecule has 0 heterocycles. The van der Waals surface area contributed by atoms with Crippen molar-refractivity contribution in [2.24, 2.45) is 0 Å². The van der Waals surface area contributed by atoms with Gasteiger partial charge in [0.1, 0.15) is 11.3 Å². The van der Waals surface area contributed by atoms with E-state index >= 15 is 0 Å². The van der Waals surface area contributed by atoms with Gasteiger partial charge in [-0.3, -0.25) is 4.79 Å². The maximum Gasteiger partial charge on any atom is 0.339 e. The SMILES string of the molecule is Nc1cc(C(=O)O)c(O)cc1OC=O. The molecule has 1 rings (SSSR count). The summed E-state index contributed by atoms with van der Waals surface area (Å²) in [6.45, 7) is 0.131. The van der Waals surface area contributed by atoms with Crippen LogP contribution in [0.3, 0.4) is 0 Å². The van der Waals surface area contributed by atoms with Crippen LogP contribution in [0.4, 0.5) is 5.69 Å². The number of anilines is 1. The maximum atomic E-state index is 10.5. The Kier molecular flexibility index (Phi) is 2.57. The quantitative estimate of drug-likeness (QED) is 0.363. The van der Waals surface area contributed by atoms with Gasteiger partial charge >= 0.3 is 5.97 Å². The standard InChI is InChI=1S/C8H7NO5/c9-5-1-4(8(12)13)6(11)2-7(5)14-3-10/h1-3,11H,9H2,(H,12,13). The van der Waals surface area contributed by atoms with Crippen molar-refractivity contribution in [3.05, 3.63) is 17.7 Å². The molecular weight excluding hydrogens is 190 g/mol. The molecule has 6 heteroatoms. The zero-order valence-electron chi connectivity index (χ0n) is 6.93. The number of nitrogens with two attached hydrogens (primary N) is 1. The van der Waals surface area contributed by atoms with E-state index in [2.05, 4.69) is 4.74 Å². The molecular formula is C8H7NO5. The van der Waals surface area contributed by atoms with E-state index in [0.717, 1.165) is 12.1 Å². The van der Waals surface area contributed by atoms with Crippen LogP contribution in [0, 0.1) is 0 Å². The van der Waals surface area contributed by atoms with E-state index in [-0.39, 0.29) is 23.5 Å². The number of hydrogen-bond acceptors (Lipinski definition) is 5. The van der Waals surface area contributed by atoms with Crippen molar-refractivity contribution in [1.82, 2.24) is 0 Å². The molecule has 1 aromatic carbocycles. The van der Waals surface area contributed by atoms with Gasteiger partial charge in [-0.1, -0.05) is 0 Å². The molecule has 1 aromatic rings. The van der Waals surface area contributed by atoms with Gasteiger partial charge in [-0.05, 0) is 6.07 Å². The first-order valence-electron chi connectivity index (χ1n) is 3.52. The van der Waals surface area contributed by atoms with Crippen molar-refractivity contribution in [2.45, 2.75) is 0 Å².